The van der Waals surface area contributed by atoms with E-state index >= 15 is 0 Å². The Morgan fingerprint density at radius 1 is 1.06 bits per heavy atom. The van der Waals surface area contributed by atoms with Gasteiger partial charge in [-0.3, -0.25) is 9.59 Å². The molecule has 2 aromatic carbocycles. The Labute approximate surface area is 194 Å². The van der Waals surface area contributed by atoms with Gasteiger partial charge in [0.05, 0.1) is 6.61 Å². The molecule has 1 N–H and O–H groups in total. The standard InChI is InChI=1S/C24H30Cl2N2O3/c1-3-4-15-27-24(30)18(2)28(17-19-8-5-6-9-22(19)26)23(29)10-7-16-31-21-13-11-20(25)12-14-21/h5-6,8-9,11-14,18H,3-4,7,10,15-17H2,1-2H3,(H,27,30)/t18-/m0/s1. The van der Waals surface area contributed by atoms with E-state index in [9.17, 15) is 9.59 Å². The third kappa shape index (κ3) is 8.42. The van der Waals surface area contributed by atoms with Crippen LogP contribution < -0.4 is 10.1 Å². The third-order valence-electron chi connectivity index (χ3n) is 4.91. The molecule has 0 saturated carbocycles. The van der Waals surface area contributed by atoms with Gasteiger partial charge in [0.1, 0.15) is 11.8 Å². The van der Waals surface area contributed by atoms with Crippen LogP contribution in [-0.4, -0.2) is 35.9 Å². The van der Waals surface area contributed by atoms with Crippen molar-refractivity contribution in [2.75, 3.05) is 13.2 Å². The average molecular weight is 465 g/mol. The number of hydrogen-bond donors (Lipinski definition) is 1. The Morgan fingerprint density at radius 3 is 2.45 bits per heavy atom. The number of nitrogens with one attached hydrogen (secondary N) is 1. The summed E-state index contributed by atoms with van der Waals surface area (Å²) >= 11 is 12.2. The molecule has 0 radical (unpaired) electrons. The number of amides is 2. The zero-order valence-corrected chi connectivity index (χ0v) is 19.6. The largest absolute Gasteiger partial charge is 0.494 e. The Morgan fingerprint density at radius 2 is 1.77 bits per heavy atom. The van der Waals surface area contributed by atoms with E-state index in [1.54, 1.807) is 42.2 Å². The quantitative estimate of drug-likeness (QED) is 0.422. The van der Waals surface area contributed by atoms with E-state index in [1.807, 2.05) is 18.2 Å². The molecule has 168 valence electrons. The lowest BCUT2D eigenvalue weighted by molar-refractivity contribution is -0.140. The summed E-state index contributed by atoms with van der Waals surface area (Å²) < 4.78 is 5.67. The second-order valence-electron chi connectivity index (χ2n) is 7.34. The highest BCUT2D eigenvalue weighted by molar-refractivity contribution is 6.31. The topological polar surface area (TPSA) is 58.6 Å². The highest BCUT2D eigenvalue weighted by atomic mass is 35.5. The molecule has 2 aromatic rings. The lowest BCUT2D eigenvalue weighted by Gasteiger charge is -2.29. The van der Waals surface area contributed by atoms with E-state index in [0.29, 0.717) is 35.4 Å². The molecule has 0 aliphatic heterocycles. The molecule has 2 amide bonds. The Bertz CT molecular complexity index is 843. The molecule has 1 atom stereocenters. The molecule has 0 fully saturated rings. The molecule has 2 rings (SSSR count). The lowest BCUT2D eigenvalue weighted by atomic mass is 10.1. The smallest absolute Gasteiger partial charge is 0.242 e. The maximum absolute atomic E-state index is 13.0. The lowest BCUT2D eigenvalue weighted by Crippen LogP contribution is -2.47. The number of carbonyl (C=O) groups excluding carboxylic acids is 2. The minimum atomic E-state index is -0.599. The number of ether oxygens (including phenoxy) is 1. The van der Waals surface area contributed by atoms with Crippen LogP contribution in [0.3, 0.4) is 0 Å². The van der Waals surface area contributed by atoms with Crippen molar-refractivity contribution in [1.82, 2.24) is 10.2 Å². The summed E-state index contributed by atoms with van der Waals surface area (Å²) in [5.74, 6) is 0.428. The molecule has 5 nitrogen and oxygen atoms in total. The first-order valence-corrected chi connectivity index (χ1v) is 11.4. The van der Waals surface area contributed by atoms with E-state index < -0.39 is 6.04 Å². The van der Waals surface area contributed by atoms with Crippen LogP contribution >= 0.6 is 23.2 Å². The van der Waals surface area contributed by atoms with Crippen LogP contribution in [0.4, 0.5) is 0 Å². The first kappa shape index (κ1) is 25.0. The maximum Gasteiger partial charge on any atom is 0.242 e. The fourth-order valence-electron chi connectivity index (χ4n) is 3.02. The van der Waals surface area contributed by atoms with E-state index in [4.69, 9.17) is 27.9 Å². The van der Waals surface area contributed by atoms with Gasteiger partial charge in [-0.15, -0.1) is 0 Å². The van der Waals surface area contributed by atoms with Crippen molar-refractivity contribution in [2.45, 2.75) is 52.1 Å². The number of carbonyl (C=O) groups is 2. The molecular weight excluding hydrogens is 435 g/mol. The molecule has 7 heteroatoms. The molecule has 0 aromatic heterocycles. The zero-order valence-electron chi connectivity index (χ0n) is 18.1. The van der Waals surface area contributed by atoms with Crippen LogP contribution in [0.1, 0.15) is 45.1 Å². The van der Waals surface area contributed by atoms with Gasteiger partial charge in [0.25, 0.3) is 0 Å². The van der Waals surface area contributed by atoms with Crippen LogP contribution in [0.25, 0.3) is 0 Å². The van der Waals surface area contributed by atoms with Gasteiger partial charge in [0.2, 0.25) is 11.8 Å². The monoisotopic (exact) mass is 464 g/mol. The summed E-state index contributed by atoms with van der Waals surface area (Å²) in [5, 5.41) is 4.13. The Balaban J connectivity index is 1.98. The number of rotatable bonds is 12. The van der Waals surface area contributed by atoms with E-state index in [-0.39, 0.29) is 24.8 Å². The maximum atomic E-state index is 13.0. The fraction of sp³-hybridized carbons (Fsp3) is 0.417. The van der Waals surface area contributed by atoms with Gasteiger partial charge >= 0.3 is 0 Å². The first-order valence-electron chi connectivity index (χ1n) is 10.6. The minimum Gasteiger partial charge on any atom is -0.494 e. The summed E-state index contributed by atoms with van der Waals surface area (Å²) in [6, 6.07) is 13.9. The van der Waals surface area contributed by atoms with Crippen LogP contribution in [0, 0.1) is 0 Å². The summed E-state index contributed by atoms with van der Waals surface area (Å²) in [5.41, 5.74) is 0.808. The average Bonchev–Trinajstić information content (AvgIpc) is 2.77. The minimum absolute atomic E-state index is 0.113. The summed E-state index contributed by atoms with van der Waals surface area (Å²) in [6.45, 7) is 5.08. The fourth-order valence-corrected chi connectivity index (χ4v) is 3.34. The van der Waals surface area contributed by atoms with Crippen molar-refractivity contribution in [3.8, 4) is 5.75 Å². The second kappa shape index (κ2) is 13.2. The number of unbranched alkanes of at least 4 members (excludes halogenated alkanes) is 1. The predicted molar refractivity (Wildman–Crippen MR) is 126 cm³/mol. The van der Waals surface area contributed by atoms with Crippen molar-refractivity contribution in [2.24, 2.45) is 0 Å². The van der Waals surface area contributed by atoms with Crippen molar-refractivity contribution >= 4 is 35.0 Å². The van der Waals surface area contributed by atoms with Crippen LogP contribution in [-0.2, 0) is 16.1 Å². The van der Waals surface area contributed by atoms with Gasteiger partial charge in [0, 0.05) is 29.6 Å². The van der Waals surface area contributed by atoms with Gasteiger partial charge in [-0.25, -0.2) is 0 Å². The Hall–Kier alpha value is -2.24. The highest BCUT2D eigenvalue weighted by Crippen LogP contribution is 2.20. The van der Waals surface area contributed by atoms with Crippen LogP contribution in [0.15, 0.2) is 48.5 Å². The summed E-state index contributed by atoms with van der Waals surface area (Å²) in [7, 11) is 0. The summed E-state index contributed by atoms with van der Waals surface area (Å²) in [6.07, 6.45) is 2.69. The SMILES string of the molecule is CCCCNC(=O)[C@H](C)N(Cc1ccccc1Cl)C(=O)CCCOc1ccc(Cl)cc1. The van der Waals surface area contributed by atoms with Gasteiger partial charge in [-0.05, 0) is 55.7 Å². The van der Waals surface area contributed by atoms with Crippen LogP contribution in [0.5, 0.6) is 5.75 Å². The van der Waals surface area contributed by atoms with Crippen molar-refractivity contribution in [3.05, 3.63) is 64.1 Å². The molecule has 31 heavy (non-hydrogen) atoms. The summed E-state index contributed by atoms with van der Waals surface area (Å²) in [4.78, 5) is 27.2. The highest BCUT2D eigenvalue weighted by Gasteiger charge is 2.26. The molecule has 0 aliphatic carbocycles. The predicted octanol–water partition coefficient (Wildman–Crippen LogP) is 5.49. The van der Waals surface area contributed by atoms with Crippen molar-refractivity contribution in [1.29, 1.82) is 0 Å². The van der Waals surface area contributed by atoms with E-state index in [2.05, 4.69) is 12.2 Å². The van der Waals surface area contributed by atoms with Gasteiger partial charge in [0.15, 0.2) is 0 Å². The van der Waals surface area contributed by atoms with Gasteiger partial charge < -0.3 is 15.0 Å². The molecule has 0 spiro atoms. The number of hydrogen-bond acceptors (Lipinski definition) is 3. The number of halogens is 2. The van der Waals surface area contributed by atoms with Crippen LogP contribution in [0.2, 0.25) is 10.0 Å². The zero-order chi connectivity index (χ0) is 22.6. The number of benzene rings is 2. The molecular formula is C24H30Cl2N2O3. The normalized spacial score (nSPS) is 11.6. The molecule has 0 aliphatic rings. The van der Waals surface area contributed by atoms with E-state index in [1.165, 1.54) is 0 Å². The van der Waals surface area contributed by atoms with E-state index in [0.717, 1.165) is 18.4 Å². The van der Waals surface area contributed by atoms with Gasteiger partial charge in [-0.2, -0.15) is 0 Å². The third-order valence-corrected chi connectivity index (χ3v) is 5.53. The first-order chi connectivity index (χ1) is 14.9. The van der Waals surface area contributed by atoms with Crippen molar-refractivity contribution in [3.63, 3.8) is 0 Å². The molecule has 0 heterocycles. The number of nitrogens with zero attached hydrogens (tertiary/aromatic N) is 1. The molecule has 0 unspecified atom stereocenters. The Kier molecular flexibility index (Phi) is 10.7. The molecule has 0 bridgehead atoms. The van der Waals surface area contributed by atoms with Gasteiger partial charge in [-0.1, -0.05) is 54.7 Å². The second-order valence-corrected chi connectivity index (χ2v) is 8.18. The molecule has 0 saturated heterocycles. The van der Waals surface area contributed by atoms with Crippen molar-refractivity contribution < 1.29 is 14.3 Å².